The summed E-state index contributed by atoms with van der Waals surface area (Å²) in [4.78, 5) is 13.3. The van der Waals surface area contributed by atoms with Crippen molar-refractivity contribution < 1.29 is 0 Å². The minimum absolute atomic E-state index is 0.417. The molecule has 1 aromatic carbocycles. The van der Waals surface area contributed by atoms with Gasteiger partial charge in [-0.1, -0.05) is 23.7 Å². The van der Waals surface area contributed by atoms with E-state index in [0.717, 1.165) is 28.0 Å². The smallest absolute Gasteiger partial charge is 0.167 e. The summed E-state index contributed by atoms with van der Waals surface area (Å²) >= 11 is 6.44. The van der Waals surface area contributed by atoms with E-state index in [4.69, 9.17) is 22.3 Å². The highest BCUT2D eigenvalue weighted by Gasteiger charge is 2.16. The Kier molecular flexibility index (Phi) is 3.28. The number of rotatable bonds is 2. The second-order valence-corrected chi connectivity index (χ2v) is 5.96. The van der Waals surface area contributed by atoms with Crippen LogP contribution in [0.15, 0.2) is 36.8 Å². The molecule has 24 heavy (non-hydrogen) atoms. The molecular formula is C17H15ClN6. The minimum atomic E-state index is 0.417. The predicted molar refractivity (Wildman–Crippen MR) is 97.4 cm³/mol. The van der Waals surface area contributed by atoms with Crippen LogP contribution >= 0.6 is 11.6 Å². The molecule has 3 N–H and O–H groups in total. The Morgan fingerprint density at radius 3 is 2.83 bits per heavy atom. The fourth-order valence-electron chi connectivity index (χ4n) is 2.95. The minimum Gasteiger partial charge on any atom is -0.382 e. The van der Waals surface area contributed by atoms with Gasteiger partial charge in [0.25, 0.3) is 0 Å². The third-order valence-corrected chi connectivity index (χ3v) is 4.40. The summed E-state index contributed by atoms with van der Waals surface area (Å²) in [6, 6.07) is 7.78. The quantitative estimate of drug-likeness (QED) is 0.584. The van der Waals surface area contributed by atoms with Crippen LogP contribution in [-0.2, 0) is 0 Å². The number of nitrogen functional groups attached to an aromatic ring is 1. The van der Waals surface area contributed by atoms with Crippen LogP contribution in [0.4, 0.5) is 11.6 Å². The lowest BCUT2D eigenvalue weighted by Crippen LogP contribution is -2.03. The Hall–Kier alpha value is -2.86. The Balaban J connectivity index is 2.12. The van der Waals surface area contributed by atoms with Crippen LogP contribution in [0.3, 0.4) is 0 Å². The Morgan fingerprint density at radius 2 is 2.08 bits per heavy atom. The number of halogens is 1. The zero-order chi connectivity index (χ0) is 16.8. The lowest BCUT2D eigenvalue weighted by atomic mass is 10.0. The molecule has 0 unspecified atom stereocenters. The molecule has 6 nitrogen and oxygen atoms in total. The maximum Gasteiger partial charge on any atom is 0.167 e. The summed E-state index contributed by atoms with van der Waals surface area (Å²) in [6.07, 6.45) is 3.36. The first-order chi connectivity index (χ1) is 11.6. The van der Waals surface area contributed by atoms with Gasteiger partial charge in [0.05, 0.1) is 6.20 Å². The molecule has 0 aliphatic heterocycles. The second kappa shape index (κ2) is 5.35. The maximum absolute atomic E-state index is 6.44. The molecule has 7 heteroatoms. The van der Waals surface area contributed by atoms with Gasteiger partial charge in [0.1, 0.15) is 29.0 Å². The van der Waals surface area contributed by atoms with Crippen molar-refractivity contribution in [3.63, 3.8) is 0 Å². The number of nitrogens with two attached hydrogens (primary N) is 1. The molecule has 0 fully saturated rings. The van der Waals surface area contributed by atoms with Gasteiger partial charge in [-0.05, 0) is 24.6 Å². The standard InChI is InChI=1S/C17H15ClN6/c1-9-4-3-5-11(18)14(9)10-6-12-17(23-16(10)20-2)24-8-21-7-13(24)15(19)22-12/h3-8H,1-2H3,(H2,19,22)(H,20,23). The van der Waals surface area contributed by atoms with Gasteiger partial charge in [-0.3, -0.25) is 4.40 Å². The van der Waals surface area contributed by atoms with Crippen LogP contribution in [0.5, 0.6) is 0 Å². The number of nitrogens with zero attached hydrogens (tertiary/aromatic N) is 4. The van der Waals surface area contributed by atoms with Gasteiger partial charge in [-0.2, -0.15) is 0 Å². The van der Waals surface area contributed by atoms with Gasteiger partial charge in [0.15, 0.2) is 5.65 Å². The second-order valence-electron chi connectivity index (χ2n) is 5.55. The van der Waals surface area contributed by atoms with Crippen molar-refractivity contribution in [2.75, 3.05) is 18.1 Å². The number of aromatic nitrogens is 4. The number of imidazole rings is 1. The number of benzene rings is 1. The molecule has 4 aromatic rings. The van der Waals surface area contributed by atoms with Crippen molar-refractivity contribution in [2.45, 2.75) is 6.92 Å². The van der Waals surface area contributed by atoms with Crippen LogP contribution in [0.1, 0.15) is 5.56 Å². The van der Waals surface area contributed by atoms with Crippen molar-refractivity contribution >= 4 is 39.9 Å². The van der Waals surface area contributed by atoms with Crippen LogP contribution in [-0.4, -0.2) is 26.4 Å². The first-order valence-electron chi connectivity index (χ1n) is 7.45. The van der Waals surface area contributed by atoms with Gasteiger partial charge in [0, 0.05) is 23.2 Å². The Bertz CT molecular complexity index is 1070. The molecule has 0 amide bonds. The highest BCUT2D eigenvalue weighted by molar-refractivity contribution is 6.33. The molecule has 0 spiro atoms. The monoisotopic (exact) mass is 338 g/mol. The molecule has 3 aromatic heterocycles. The summed E-state index contributed by atoms with van der Waals surface area (Å²) < 4.78 is 1.84. The van der Waals surface area contributed by atoms with E-state index in [1.807, 2.05) is 42.6 Å². The fraction of sp³-hybridized carbons (Fsp3) is 0.118. The number of nitrogens with one attached hydrogen (secondary N) is 1. The Labute approximate surface area is 143 Å². The van der Waals surface area contributed by atoms with E-state index >= 15 is 0 Å². The van der Waals surface area contributed by atoms with Gasteiger partial charge in [-0.25, -0.2) is 15.0 Å². The summed E-state index contributed by atoms with van der Waals surface area (Å²) in [5, 5.41) is 3.82. The van der Waals surface area contributed by atoms with E-state index in [0.29, 0.717) is 22.0 Å². The third-order valence-electron chi connectivity index (χ3n) is 4.08. The highest BCUT2D eigenvalue weighted by Crippen LogP contribution is 2.36. The molecular weight excluding hydrogens is 324 g/mol. The molecule has 120 valence electrons. The average molecular weight is 339 g/mol. The van der Waals surface area contributed by atoms with E-state index in [1.54, 1.807) is 12.5 Å². The molecule has 3 heterocycles. The largest absolute Gasteiger partial charge is 0.382 e. The van der Waals surface area contributed by atoms with Crippen LogP contribution in [0.25, 0.3) is 27.8 Å². The summed E-state index contributed by atoms with van der Waals surface area (Å²) in [5.74, 6) is 1.14. The van der Waals surface area contributed by atoms with E-state index < -0.39 is 0 Å². The van der Waals surface area contributed by atoms with Crippen molar-refractivity contribution in [1.29, 1.82) is 0 Å². The highest BCUT2D eigenvalue weighted by atomic mass is 35.5. The number of anilines is 2. The average Bonchev–Trinajstić information content (AvgIpc) is 3.05. The van der Waals surface area contributed by atoms with Crippen molar-refractivity contribution in [3.05, 3.63) is 47.4 Å². The van der Waals surface area contributed by atoms with Crippen molar-refractivity contribution in [2.24, 2.45) is 0 Å². The summed E-state index contributed by atoms with van der Waals surface area (Å²) in [5.41, 5.74) is 11.0. The molecule has 0 aliphatic rings. The van der Waals surface area contributed by atoms with Crippen LogP contribution in [0, 0.1) is 6.92 Å². The SMILES string of the molecule is CNc1nc2c(cc1-c1c(C)cccc1Cl)nc(N)c1cncn12. The van der Waals surface area contributed by atoms with E-state index in [-0.39, 0.29) is 0 Å². The number of pyridine rings is 1. The number of fused-ring (bicyclic) bond motifs is 3. The lowest BCUT2D eigenvalue weighted by Gasteiger charge is -2.14. The molecule has 4 rings (SSSR count). The van der Waals surface area contributed by atoms with Crippen LogP contribution < -0.4 is 11.1 Å². The first kappa shape index (κ1) is 14.7. The first-order valence-corrected chi connectivity index (χ1v) is 7.83. The summed E-state index contributed by atoms with van der Waals surface area (Å²) in [6.45, 7) is 2.02. The van der Waals surface area contributed by atoms with Gasteiger partial charge in [-0.15, -0.1) is 0 Å². The van der Waals surface area contributed by atoms with E-state index in [1.165, 1.54) is 0 Å². The topological polar surface area (TPSA) is 81.1 Å². The molecule has 0 atom stereocenters. The molecule has 0 saturated carbocycles. The lowest BCUT2D eigenvalue weighted by molar-refractivity contribution is 1.14. The normalized spacial score (nSPS) is 11.3. The molecule has 0 aliphatic carbocycles. The van der Waals surface area contributed by atoms with Crippen molar-refractivity contribution in [1.82, 2.24) is 19.4 Å². The van der Waals surface area contributed by atoms with E-state index in [9.17, 15) is 0 Å². The number of hydrogen-bond donors (Lipinski definition) is 2. The Morgan fingerprint density at radius 1 is 1.25 bits per heavy atom. The molecule has 0 saturated heterocycles. The number of hydrogen-bond acceptors (Lipinski definition) is 5. The maximum atomic E-state index is 6.44. The van der Waals surface area contributed by atoms with E-state index in [2.05, 4.69) is 15.3 Å². The predicted octanol–water partition coefficient (Wildman–Crippen LogP) is 3.53. The van der Waals surface area contributed by atoms with Gasteiger partial charge >= 0.3 is 0 Å². The molecule has 0 radical (unpaired) electrons. The van der Waals surface area contributed by atoms with Gasteiger partial charge in [0.2, 0.25) is 0 Å². The van der Waals surface area contributed by atoms with Crippen molar-refractivity contribution in [3.8, 4) is 11.1 Å². The fourth-order valence-corrected chi connectivity index (χ4v) is 3.27. The third kappa shape index (κ3) is 2.07. The molecule has 0 bridgehead atoms. The zero-order valence-electron chi connectivity index (χ0n) is 13.2. The zero-order valence-corrected chi connectivity index (χ0v) is 14.0. The number of aryl methyl sites for hydroxylation is 1. The van der Waals surface area contributed by atoms with Crippen LogP contribution in [0.2, 0.25) is 5.02 Å². The van der Waals surface area contributed by atoms with Gasteiger partial charge < -0.3 is 11.1 Å². The summed E-state index contributed by atoms with van der Waals surface area (Å²) in [7, 11) is 1.83.